The molecule has 2 aliphatic rings. The molecule has 18 nitrogen and oxygen atoms in total. The van der Waals surface area contributed by atoms with Crippen LogP contribution in [0.5, 0.6) is 28.7 Å². The molecular weight excluding hydrogens is 660 g/mol. The fourth-order valence-corrected chi connectivity index (χ4v) is 5.34. The molecule has 18 heteroatoms. The number of aliphatic hydroxyl groups excluding tert-OH is 7. The molecule has 3 aromatic rings. The molecule has 2 aromatic carbocycles. The number of rotatable bonds is 10. The molecule has 0 saturated carbocycles. The molecule has 1 aromatic heterocycles. The molecule has 10 atom stereocenters. The molecule has 2 fully saturated rings. The summed E-state index contributed by atoms with van der Waals surface area (Å²) in [7, 11) is 2.59. The summed E-state index contributed by atoms with van der Waals surface area (Å²) < 4.78 is 44.1. The molecule has 3 heterocycles. The van der Waals surface area contributed by atoms with E-state index >= 15 is 0 Å². The molecule has 2 saturated heterocycles. The van der Waals surface area contributed by atoms with Crippen LogP contribution >= 0.6 is 0 Å². The fourth-order valence-electron chi connectivity index (χ4n) is 5.34. The lowest BCUT2D eigenvalue weighted by Crippen LogP contribution is -2.60. The van der Waals surface area contributed by atoms with Gasteiger partial charge in [-0.25, -0.2) is 0 Å². The molecule has 268 valence electrons. The van der Waals surface area contributed by atoms with Crippen LogP contribution in [0.15, 0.2) is 39.5 Å². The summed E-state index contributed by atoms with van der Waals surface area (Å²) in [6.07, 6.45) is -16.6. The zero-order chi connectivity index (χ0) is 35.7. The van der Waals surface area contributed by atoms with E-state index in [1.807, 2.05) is 0 Å². The number of esters is 1. The van der Waals surface area contributed by atoms with E-state index in [2.05, 4.69) is 0 Å². The number of fused-ring (bicyclic) bond motifs is 1. The minimum Gasteiger partial charge on any atom is -0.507 e. The third kappa shape index (κ3) is 7.09. The number of hydrogen-bond donors (Lipinski definition) is 8. The Kier molecular flexibility index (Phi) is 10.8. The lowest BCUT2D eigenvalue weighted by Gasteiger charge is -2.39. The van der Waals surface area contributed by atoms with Gasteiger partial charge in [-0.3, -0.25) is 9.59 Å². The van der Waals surface area contributed by atoms with Crippen molar-refractivity contribution >= 4 is 16.9 Å². The van der Waals surface area contributed by atoms with E-state index in [1.165, 1.54) is 38.5 Å². The van der Waals surface area contributed by atoms with Gasteiger partial charge in [-0.15, -0.1) is 0 Å². The van der Waals surface area contributed by atoms with Gasteiger partial charge < -0.3 is 78.4 Å². The van der Waals surface area contributed by atoms with Crippen molar-refractivity contribution in [3.05, 3.63) is 40.6 Å². The van der Waals surface area contributed by atoms with E-state index in [0.717, 1.165) is 13.0 Å². The van der Waals surface area contributed by atoms with Crippen LogP contribution in [0.25, 0.3) is 22.3 Å². The van der Waals surface area contributed by atoms with E-state index in [1.54, 1.807) is 0 Å². The maximum absolute atomic E-state index is 13.9. The van der Waals surface area contributed by atoms with Crippen molar-refractivity contribution in [2.24, 2.45) is 0 Å². The minimum atomic E-state index is -1.93. The molecule has 0 spiro atoms. The molecule has 0 radical (unpaired) electrons. The summed E-state index contributed by atoms with van der Waals surface area (Å²) >= 11 is 0. The van der Waals surface area contributed by atoms with Gasteiger partial charge >= 0.3 is 5.97 Å². The van der Waals surface area contributed by atoms with Crippen molar-refractivity contribution in [3.63, 3.8) is 0 Å². The predicted molar refractivity (Wildman–Crippen MR) is 161 cm³/mol. The third-order valence-electron chi connectivity index (χ3n) is 8.01. The van der Waals surface area contributed by atoms with Gasteiger partial charge in [-0.2, -0.15) is 0 Å². The van der Waals surface area contributed by atoms with Crippen LogP contribution in [0.4, 0.5) is 0 Å². The predicted octanol–water partition coefficient (Wildman–Crippen LogP) is -1.89. The van der Waals surface area contributed by atoms with Gasteiger partial charge in [0.05, 0.1) is 20.8 Å². The van der Waals surface area contributed by atoms with Crippen molar-refractivity contribution < 1.29 is 83.2 Å². The SMILES string of the molecule is COc1cc(O)c2c(=O)c(OC3OC(COC(C)=O)C(O)C(O)C3O)c(-c3ccc(OC4OC(CO)C(O)C(O)C4O)c(OC)c3)oc2c1. The Labute approximate surface area is 276 Å². The second kappa shape index (κ2) is 14.7. The highest BCUT2D eigenvalue weighted by atomic mass is 16.7. The fraction of sp³-hybridized carbons (Fsp3) is 0.484. The van der Waals surface area contributed by atoms with Crippen molar-refractivity contribution in [2.45, 2.75) is 68.3 Å². The monoisotopic (exact) mass is 696 g/mol. The lowest BCUT2D eigenvalue weighted by molar-refractivity contribution is -0.278. The lowest BCUT2D eigenvalue weighted by atomic mass is 9.99. The first-order chi connectivity index (χ1) is 23.3. The number of ether oxygens (including phenoxy) is 7. The van der Waals surface area contributed by atoms with Crippen molar-refractivity contribution in [3.8, 4) is 40.1 Å². The Bertz CT molecular complexity index is 1710. The number of aromatic hydroxyl groups is 1. The van der Waals surface area contributed by atoms with Crippen LogP contribution < -0.4 is 24.4 Å². The highest BCUT2D eigenvalue weighted by Crippen LogP contribution is 2.41. The zero-order valence-corrected chi connectivity index (χ0v) is 26.2. The molecule has 0 amide bonds. The first kappa shape index (κ1) is 36.1. The van der Waals surface area contributed by atoms with Gasteiger partial charge in [0.2, 0.25) is 23.8 Å². The summed E-state index contributed by atoms with van der Waals surface area (Å²) in [5.41, 5.74) is -1.03. The number of phenols is 1. The Morgan fingerprint density at radius 1 is 0.796 bits per heavy atom. The van der Waals surface area contributed by atoms with Gasteiger partial charge in [0.1, 0.15) is 77.9 Å². The van der Waals surface area contributed by atoms with Crippen LogP contribution in [0.3, 0.4) is 0 Å². The van der Waals surface area contributed by atoms with Gasteiger partial charge in [0, 0.05) is 24.6 Å². The number of carbonyl (C=O) groups is 1. The molecule has 0 bridgehead atoms. The molecule has 0 aliphatic carbocycles. The molecule has 8 N–H and O–H groups in total. The van der Waals surface area contributed by atoms with E-state index < -0.39 is 97.5 Å². The van der Waals surface area contributed by atoms with E-state index in [4.69, 9.17) is 37.6 Å². The maximum atomic E-state index is 13.9. The smallest absolute Gasteiger partial charge is 0.302 e. The largest absolute Gasteiger partial charge is 0.507 e. The van der Waals surface area contributed by atoms with Gasteiger partial charge in [0.15, 0.2) is 17.3 Å². The Morgan fingerprint density at radius 3 is 2.04 bits per heavy atom. The molecule has 2 aliphatic heterocycles. The first-order valence-electron chi connectivity index (χ1n) is 14.8. The van der Waals surface area contributed by atoms with Crippen molar-refractivity contribution in [1.29, 1.82) is 0 Å². The second-order valence-corrected chi connectivity index (χ2v) is 11.2. The topological polar surface area (TPSA) is 274 Å². The second-order valence-electron chi connectivity index (χ2n) is 11.2. The Morgan fingerprint density at radius 2 is 1.43 bits per heavy atom. The Hall–Kier alpha value is -4.24. The van der Waals surface area contributed by atoms with E-state index in [-0.39, 0.29) is 39.5 Å². The maximum Gasteiger partial charge on any atom is 0.302 e. The Balaban J connectivity index is 1.57. The highest BCUT2D eigenvalue weighted by Gasteiger charge is 2.47. The van der Waals surface area contributed by atoms with Crippen LogP contribution in [0.1, 0.15) is 6.92 Å². The van der Waals surface area contributed by atoms with Gasteiger partial charge in [0.25, 0.3) is 0 Å². The first-order valence-corrected chi connectivity index (χ1v) is 14.8. The summed E-state index contributed by atoms with van der Waals surface area (Å²) in [6, 6.07) is 6.46. The summed E-state index contributed by atoms with van der Waals surface area (Å²) in [5.74, 6) is -2.17. The van der Waals surface area contributed by atoms with Crippen LogP contribution in [-0.4, -0.2) is 136 Å². The normalized spacial score (nSPS) is 30.1. The number of methoxy groups -OCH3 is 2. The number of benzene rings is 2. The average Bonchev–Trinajstić information content (AvgIpc) is 3.08. The van der Waals surface area contributed by atoms with Gasteiger partial charge in [-0.05, 0) is 18.2 Å². The van der Waals surface area contributed by atoms with Crippen LogP contribution in [-0.2, 0) is 19.0 Å². The summed E-state index contributed by atoms with van der Waals surface area (Å²) in [4.78, 5) is 25.3. The van der Waals surface area contributed by atoms with Crippen LogP contribution in [0, 0.1) is 0 Å². The summed E-state index contributed by atoms with van der Waals surface area (Å²) in [6.45, 7) is -0.116. The van der Waals surface area contributed by atoms with Gasteiger partial charge in [-0.1, -0.05) is 0 Å². The minimum absolute atomic E-state index is 0.0365. The quantitative estimate of drug-likeness (QED) is 0.108. The molecule has 49 heavy (non-hydrogen) atoms. The summed E-state index contributed by atoms with van der Waals surface area (Å²) in [5, 5.41) is 82.2. The van der Waals surface area contributed by atoms with Crippen LogP contribution in [0.2, 0.25) is 0 Å². The van der Waals surface area contributed by atoms with E-state index in [9.17, 15) is 50.4 Å². The number of hydrogen-bond acceptors (Lipinski definition) is 18. The standard InChI is InChI=1S/C31H36O18/c1-11(33)44-10-19-22(36)25(39)27(41)31(48-19)49-29-23(37)20-14(34)7-13(42-2)8-17(20)45-28(29)12-4-5-15(16(6-12)43-3)46-30-26(40)24(38)21(35)18(9-32)47-30/h4-8,18-19,21-22,24-27,30-32,34-36,38-41H,9-10H2,1-3H3. The molecule has 10 unspecified atom stereocenters. The number of aliphatic hydroxyl groups is 7. The molecular formula is C31H36O18. The average molecular weight is 697 g/mol. The van der Waals surface area contributed by atoms with E-state index in [0.29, 0.717) is 0 Å². The zero-order valence-electron chi connectivity index (χ0n) is 26.2. The molecule has 5 rings (SSSR count). The van der Waals surface area contributed by atoms with Crippen molar-refractivity contribution in [2.75, 3.05) is 27.4 Å². The third-order valence-corrected chi connectivity index (χ3v) is 8.01. The van der Waals surface area contributed by atoms with Crippen molar-refractivity contribution in [1.82, 2.24) is 0 Å². The number of carbonyl (C=O) groups excluding carboxylic acids is 1. The highest BCUT2D eigenvalue weighted by molar-refractivity contribution is 5.88. The number of phenolic OH excluding ortho intramolecular Hbond substituents is 1.